The molecule has 1 N–H and O–H groups in total. The fraction of sp³-hybridized carbons (Fsp3) is 0.429. The van der Waals surface area contributed by atoms with Crippen LogP contribution in [0.2, 0.25) is 0 Å². The first kappa shape index (κ1) is 11.1. The zero-order valence-electron chi connectivity index (χ0n) is 7.38. The van der Waals surface area contributed by atoms with Crippen molar-refractivity contribution in [1.82, 2.24) is 9.97 Å². The van der Waals surface area contributed by atoms with Gasteiger partial charge in [0.25, 0.3) is 0 Å². The second-order valence-electron chi connectivity index (χ2n) is 2.51. The highest BCUT2D eigenvalue weighted by atomic mass is 32.2. The minimum atomic E-state index is -4.56. The number of hydrogen-bond donors (Lipinski definition) is 1. The lowest BCUT2D eigenvalue weighted by Gasteiger charge is -2.10. The maximum Gasteiger partial charge on any atom is 0.433 e. The summed E-state index contributed by atoms with van der Waals surface area (Å²) in [7, 11) is 0. The number of aromatic nitrogens is 2. The van der Waals surface area contributed by atoms with Crippen LogP contribution in [0.25, 0.3) is 0 Å². The number of aromatic hydroxyl groups is 1. The Balaban J connectivity index is 3.35. The quantitative estimate of drug-likeness (QED) is 0.587. The molecule has 1 aromatic heterocycles. The second kappa shape index (κ2) is 3.64. The molecule has 0 radical (unpaired) electrons. The minimum absolute atomic E-state index is 0.0968. The van der Waals surface area contributed by atoms with E-state index in [1.54, 1.807) is 0 Å². The lowest BCUT2D eigenvalue weighted by molar-refractivity contribution is -0.142. The van der Waals surface area contributed by atoms with Gasteiger partial charge in [-0.15, -0.1) is 0 Å². The van der Waals surface area contributed by atoms with Gasteiger partial charge in [-0.05, 0) is 13.2 Å². The second-order valence-corrected chi connectivity index (χ2v) is 3.28. The molecular formula is C7H7F3N2OS. The molecule has 1 rings (SSSR count). The summed E-state index contributed by atoms with van der Waals surface area (Å²) in [6.07, 6.45) is -3.03. The van der Waals surface area contributed by atoms with E-state index < -0.39 is 17.8 Å². The summed E-state index contributed by atoms with van der Waals surface area (Å²) in [5, 5.41) is 9.01. The molecule has 0 spiro atoms. The number of hydrogen-bond acceptors (Lipinski definition) is 4. The molecule has 0 saturated carbocycles. The Labute approximate surface area is 82.4 Å². The largest absolute Gasteiger partial charge is 0.493 e. The predicted molar refractivity (Wildman–Crippen MR) is 45.2 cm³/mol. The summed E-state index contributed by atoms with van der Waals surface area (Å²) in [6.45, 7) is 1.13. The van der Waals surface area contributed by atoms with E-state index in [4.69, 9.17) is 5.11 Å². The van der Waals surface area contributed by atoms with E-state index >= 15 is 0 Å². The van der Waals surface area contributed by atoms with Crippen LogP contribution < -0.4 is 0 Å². The summed E-state index contributed by atoms with van der Waals surface area (Å²) < 4.78 is 37.0. The van der Waals surface area contributed by atoms with Gasteiger partial charge in [0.1, 0.15) is 0 Å². The van der Waals surface area contributed by atoms with E-state index in [0.29, 0.717) is 0 Å². The van der Waals surface area contributed by atoms with Crippen LogP contribution in [0.5, 0.6) is 5.88 Å². The van der Waals surface area contributed by atoms with Crippen molar-refractivity contribution in [2.24, 2.45) is 0 Å². The van der Waals surface area contributed by atoms with E-state index in [-0.39, 0.29) is 10.7 Å². The van der Waals surface area contributed by atoms with Crippen LogP contribution in [0.15, 0.2) is 5.16 Å². The molecule has 0 atom stereocenters. The van der Waals surface area contributed by atoms with Crippen LogP contribution in [-0.4, -0.2) is 21.3 Å². The molecule has 0 aliphatic carbocycles. The number of alkyl halides is 3. The molecule has 78 valence electrons. The van der Waals surface area contributed by atoms with Gasteiger partial charge in [0.2, 0.25) is 5.88 Å². The Hall–Kier alpha value is -0.980. The van der Waals surface area contributed by atoms with Crippen molar-refractivity contribution in [1.29, 1.82) is 0 Å². The van der Waals surface area contributed by atoms with E-state index in [1.807, 2.05) is 0 Å². The Bertz CT molecular complexity index is 354. The van der Waals surface area contributed by atoms with E-state index in [9.17, 15) is 13.2 Å². The van der Waals surface area contributed by atoms with Gasteiger partial charge in [-0.1, -0.05) is 11.8 Å². The fourth-order valence-corrected chi connectivity index (χ4v) is 1.21. The van der Waals surface area contributed by atoms with E-state index in [0.717, 1.165) is 18.7 Å². The molecule has 0 fully saturated rings. The average Bonchev–Trinajstić information content (AvgIpc) is 2.07. The van der Waals surface area contributed by atoms with Gasteiger partial charge in [-0.25, -0.2) is 4.98 Å². The number of halogens is 3. The van der Waals surface area contributed by atoms with Crippen molar-refractivity contribution in [3.05, 3.63) is 11.3 Å². The molecule has 0 aliphatic heterocycles. The van der Waals surface area contributed by atoms with E-state index in [1.165, 1.54) is 6.26 Å². The van der Waals surface area contributed by atoms with Crippen molar-refractivity contribution in [2.45, 2.75) is 18.3 Å². The normalized spacial score (nSPS) is 11.8. The topological polar surface area (TPSA) is 46.0 Å². The van der Waals surface area contributed by atoms with Gasteiger partial charge in [-0.3, -0.25) is 0 Å². The van der Waals surface area contributed by atoms with Crippen LogP contribution in [-0.2, 0) is 6.18 Å². The highest BCUT2D eigenvalue weighted by molar-refractivity contribution is 7.98. The molecule has 0 unspecified atom stereocenters. The maximum atomic E-state index is 12.3. The average molecular weight is 224 g/mol. The smallest absolute Gasteiger partial charge is 0.433 e. The van der Waals surface area contributed by atoms with Crippen molar-refractivity contribution in [2.75, 3.05) is 6.26 Å². The lowest BCUT2D eigenvalue weighted by atomic mass is 10.2. The molecule has 7 heteroatoms. The van der Waals surface area contributed by atoms with Crippen LogP contribution in [0.3, 0.4) is 0 Å². The first-order valence-electron chi connectivity index (χ1n) is 3.55. The third-order valence-electron chi connectivity index (χ3n) is 1.55. The van der Waals surface area contributed by atoms with Crippen LogP contribution >= 0.6 is 11.8 Å². The molecule has 1 heterocycles. The molecule has 0 amide bonds. The standard InChI is InChI=1S/C7H7F3N2OS/c1-3-4(7(8,9)10)11-6(14-2)12-5(3)13/h1-2H3,(H,11,12,13). The molecule has 14 heavy (non-hydrogen) atoms. The Morgan fingerprint density at radius 3 is 2.29 bits per heavy atom. The highest BCUT2D eigenvalue weighted by Crippen LogP contribution is 2.33. The third kappa shape index (κ3) is 2.09. The lowest BCUT2D eigenvalue weighted by Crippen LogP contribution is -2.12. The summed E-state index contributed by atoms with van der Waals surface area (Å²) >= 11 is 0.940. The minimum Gasteiger partial charge on any atom is -0.493 e. The highest BCUT2D eigenvalue weighted by Gasteiger charge is 2.36. The zero-order chi connectivity index (χ0) is 10.9. The number of thioether (sulfide) groups is 1. The molecule has 1 aromatic rings. The van der Waals surface area contributed by atoms with Crippen LogP contribution in [0.4, 0.5) is 13.2 Å². The summed E-state index contributed by atoms with van der Waals surface area (Å²) in [5.41, 5.74) is -1.44. The summed E-state index contributed by atoms with van der Waals surface area (Å²) in [5.74, 6) is -0.628. The third-order valence-corrected chi connectivity index (χ3v) is 2.10. The van der Waals surface area contributed by atoms with Crippen molar-refractivity contribution in [3.8, 4) is 5.88 Å². The molecular weight excluding hydrogens is 217 g/mol. The summed E-state index contributed by atoms with van der Waals surface area (Å²) in [4.78, 5) is 6.76. The van der Waals surface area contributed by atoms with Gasteiger partial charge in [-0.2, -0.15) is 18.2 Å². The number of rotatable bonds is 1. The number of nitrogens with zero attached hydrogens (tertiary/aromatic N) is 2. The first-order valence-corrected chi connectivity index (χ1v) is 4.77. The van der Waals surface area contributed by atoms with Gasteiger partial charge < -0.3 is 5.11 Å². The molecule has 3 nitrogen and oxygen atoms in total. The maximum absolute atomic E-state index is 12.3. The Kier molecular flexibility index (Phi) is 2.89. The molecule has 0 bridgehead atoms. The predicted octanol–water partition coefficient (Wildman–Crippen LogP) is 2.23. The zero-order valence-corrected chi connectivity index (χ0v) is 8.20. The van der Waals surface area contributed by atoms with Crippen molar-refractivity contribution in [3.63, 3.8) is 0 Å². The molecule has 0 saturated heterocycles. The van der Waals surface area contributed by atoms with Gasteiger partial charge in [0.05, 0.1) is 0 Å². The Morgan fingerprint density at radius 2 is 1.86 bits per heavy atom. The van der Waals surface area contributed by atoms with Gasteiger partial charge >= 0.3 is 6.18 Å². The van der Waals surface area contributed by atoms with E-state index in [2.05, 4.69) is 9.97 Å². The first-order chi connectivity index (χ1) is 6.36. The van der Waals surface area contributed by atoms with Gasteiger partial charge in [0.15, 0.2) is 10.9 Å². The van der Waals surface area contributed by atoms with Crippen molar-refractivity contribution < 1.29 is 18.3 Å². The van der Waals surface area contributed by atoms with Crippen LogP contribution in [0, 0.1) is 6.92 Å². The van der Waals surface area contributed by atoms with Gasteiger partial charge in [0, 0.05) is 5.56 Å². The molecule has 0 aromatic carbocycles. The fourth-order valence-electron chi connectivity index (χ4n) is 0.852. The van der Waals surface area contributed by atoms with Crippen LogP contribution in [0.1, 0.15) is 11.3 Å². The van der Waals surface area contributed by atoms with Crippen molar-refractivity contribution >= 4 is 11.8 Å². The molecule has 0 aliphatic rings. The SMILES string of the molecule is CSc1nc(O)c(C)c(C(F)(F)F)n1. The Morgan fingerprint density at radius 1 is 1.29 bits per heavy atom. The monoisotopic (exact) mass is 224 g/mol. The summed E-state index contributed by atoms with van der Waals surface area (Å²) in [6, 6.07) is 0.